The highest BCUT2D eigenvalue weighted by atomic mass is 16.5. The van der Waals surface area contributed by atoms with Gasteiger partial charge in [0.2, 0.25) is 0 Å². The summed E-state index contributed by atoms with van der Waals surface area (Å²) in [4.78, 5) is 44.6. The van der Waals surface area contributed by atoms with Gasteiger partial charge in [-0.25, -0.2) is 0 Å². The van der Waals surface area contributed by atoms with Gasteiger partial charge in [0.25, 0.3) is 0 Å². The average Bonchev–Trinajstić information content (AvgIpc) is 2.81. The number of rotatable bonds is 22. The predicted octanol–water partition coefficient (Wildman–Crippen LogP) is 8.20. The molecule has 0 bridgehead atoms. The molecule has 8 heteroatoms. The number of carboxylic acids is 2. The summed E-state index contributed by atoms with van der Waals surface area (Å²) < 4.78 is 10.1. The van der Waals surface area contributed by atoms with Gasteiger partial charge in [0.1, 0.15) is 0 Å². The van der Waals surface area contributed by atoms with E-state index in [2.05, 4.69) is 0 Å². The lowest BCUT2D eigenvalue weighted by molar-refractivity contribution is -0.156. The lowest BCUT2D eigenvalue weighted by Gasteiger charge is -2.37. The van der Waals surface area contributed by atoms with E-state index in [4.69, 9.17) is 14.6 Å². The maximum atomic E-state index is 11.7. The fourth-order valence-electron chi connectivity index (χ4n) is 4.96. The van der Waals surface area contributed by atoms with Crippen LogP contribution in [-0.2, 0) is 28.7 Å². The topological polar surface area (TPSA) is 127 Å². The van der Waals surface area contributed by atoms with E-state index in [0.29, 0.717) is 25.7 Å². The summed E-state index contributed by atoms with van der Waals surface area (Å²) in [5.74, 6) is -1.39. The Labute approximate surface area is 244 Å². The molecule has 0 aromatic heterocycles. The molecule has 0 spiro atoms. The van der Waals surface area contributed by atoms with Crippen LogP contribution >= 0.6 is 0 Å². The Morgan fingerprint density at radius 2 is 0.850 bits per heavy atom. The van der Waals surface area contributed by atoms with Crippen LogP contribution in [0.25, 0.3) is 0 Å². The molecule has 0 amide bonds. The molecule has 0 rings (SSSR count). The molecule has 40 heavy (non-hydrogen) atoms. The van der Waals surface area contributed by atoms with E-state index in [-0.39, 0.29) is 42.4 Å². The number of aliphatic carboxylic acids is 2. The quantitative estimate of drug-likeness (QED) is 0.0981. The predicted molar refractivity (Wildman–Crippen MR) is 159 cm³/mol. The van der Waals surface area contributed by atoms with E-state index in [1.165, 1.54) is 0 Å². The number of unbranched alkanes of at least 4 members (excludes halogenated alkanes) is 9. The highest BCUT2D eigenvalue weighted by molar-refractivity contribution is 5.75. The van der Waals surface area contributed by atoms with Gasteiger partial charge in [-0.05, 0) is 65.2 Å². The van der Waals surface area contributed by atoms with Crippen molar-refractivity contribution in [1.29, 1.82) is 0 Å². The van der Waals surface area contributed by atoms with Crippen LogP contribution in [0.4, 0.5) is 0 Å². The first-order chi connectivity index (χ1) is 18.7. The summed E-state index contributed by atoms with van der Waals surface area (Å²) in [5.41, 5.74) is -0.638. The van der Waals surface area contributed by atoms with E-state index >= 15 is 0 Å². The van der Waals surface area contributed by atoms with Gasteiger partial charge in [-0.1, -0.05) is 79.1 Å². The Morgan fingerprint density at radius 3 is 1.15 bits per heavy atom. The molecule has 0 aliphatic rings. The van der Waals surface area contributed by atoms with Crippen LogP contribution in [0.1, 0.15) is 152 Å². The minimum atomic E-state index is -0.741. The van der Waals surface area contributed by atoms with Crippen molar-refractivity contribution in [2.75, 3.05) is 0 Å². The zero-order chi connectivity index (χ0) is 31.1. The first kappa shape index (κ1) is 40.0. The number of hydrogen-bond acceptors (Lipinski definition) is 6. The summed E-state index contributed by atoms with van der Waals surface area (Å²) in [5, 5.41) is 18.1. The Balaban J connectivity index is 0. The second-order valence-corrected chi connectivity index (χ2v) is 12.0. The van der Waals surface area contributed by atoms with Crippen LogP contribution in [-0.4, -0.2) is 46.3 Å². The normalized spacial score (nSPS) is 11.5. The molecule has 0 aliphatic heterocycles. The minimum absolute atomic E-state index is 0.0203. The highest BCUT2D eigenvalue weighted by Gasteiger charge is 2.43. The third kappa shape index (κ3) is 20.7. The lowest BCUT2D eigenvalue weighted by atomic mass is 9.66. The van der Waals surface area contributed by atoms with E-state index < -0.39 is 17.4 Å². The van der Waals surface area contributed by atoms with Crippen molar-refractivity contribution >= 4 is 23.9 Å². The van der Waals surface area contributed by atoms with Crippen LogP contribution in [0.15, 0.2) is 0 Å². The van der Waals surface area contributed by atoms with Gasteiger partial charge >= 0.3 is 23.9 Å². The van der Waals surface area contributed by atoms with E-state index in [1.54, 1.807) is 0 Å². The number of esters is 2. The molecule has 0 fully saturated rings. The van der Waals surface area contributed by atoms with Crippen molar-refractivity contribution < 1.29 is 38.9 Å². The van der Waals surface area contributed by atoms with Crippen LogP contribution < -0.4 is 0 Å². The molecule has 2 N–H and O–H groups in total. The molecule has 8 nitrogen and oxygen atoms in total. The Bertz CT molecular complexity index is 661. The average molecular weight is 573 g/mol. The standard InChI is InChI=1S/2C16H30O4/c1-13(2)19-15(17)11-9-7-5-6-8-10-12-16(18)20-14(3)4;1-12(2)16(13(3)4,15(19)20)11-9-7-5-6-8-10-14(17)18/h13-14H,5-12H2,1-4H3;12-13H,5-11H2,1-4H3,(H,17,18)(H,19,20). The van der Waals surface area contributed by atoms with Crippen molar-refractivity contribution in [2.24, 2.45) is 17.3 Å². The lowest BCUT2D eigenvalue weighted by Crippen LogP contribution is -2.41. The third-order valence-electron chi connectivity index (χ3n) is 7.19. The van der Waals surface area contributed by atoms with Gasteiger partial charge in [-0.3, -0.25) is 19.2 Å². The molecule has 0 radical (unpaired) electrons. The third-order valence-corrected chi connectivity index (χ3v) is 7.19. The molecule has 0 heterocycles. The van der Waals surface area contributed by atoms with Gasteiger partial charge in [-0.15, -0.1) is 0 Å². The maximum Gasteiger partial charge on any atom is 0.310 e. The highest BCUT2D eigenvalue weighted by Crippen LogP contribution is 2.41. The summed E-state index contributed by atoms with van der Waals surface area (Å²) >= 11 is 0. The van der Waals surface area contributed by atoms with Gasteiger partial charge in [-0.2, -0.15) is 0 Å². The maximum absolute atomic E-state index is 11.7. The molecule has 0 atom stereocenters. The molecule has 0 saturated heterocycles. The van der Waals surface area contributed by atoms with E-state index in [0.717, 1.165) is 64.2 Å². The van der Waals surface area contributed by atoms with Crippen molar-refractivity contribution in [3.05, 3.63) is 0 Å². The smallest absolute Gasteiger partial charge is 0.310 e. The molecule has 236 valence electrons. The van der Waals surface area contributed by atoms with E-state index in [9.17, 15) is 24.3 Å². The van der Waals surface area contributed by atoms with Crippen molar-refractivity contribution in [2.45, 2.75) is 164 Å². The van der Waals surface area contributed by atoms with Gasteiger partial charge < -0.3 is 19.7 Å². The molecule has 0 saturated carbocycles. The van der Waals surface area contributed by atoms with Crippen LogP contribution in [0.2, 0.25) is 0 Å². The van der Waals surface area contributed by atoms with Crippen molar-refractivity contribution in [1.82, 2.24) is 0 Å². The van der Waals surface area contributed by atoms with Gasteiger partial charge in [0.15, 0.2) is 0 Å². The van der Waals surface area contributed by atoms with Crippen LogP contribution in [0, 0.1) is 17.3 Å². The van der Waals surface area contributed by atoms with Gasteiger partial charge in [0, 0.05) is 19.3 Å². The number of carbonyl (C=O) groups is 4. The summed E-state index contributed by atoms with van der Waals surface area (Å²) in [7, 11) is 0. The Hall–Kier alpha value is -2.12. The van der Waals surface area contributed by atoms with E-state index in [1.807, 2.05) is 55.4 Å². The van der Waals surface area contributed by atoms with Gasteiger partial charge in [0.05, 0.1) is 17.6 Å². The number of carboxylic acid groups (broad SMARTS) is 2. The fourth-order valence-corrected chi connectivity index (χ4v) is 4.96. The molecular formula is C32H60O8. The SMILES string of the molecule is CC(C)C(CCCCCCCC(=O)O)(C(=O)O)C(C)C.CC(C)OC(=O)CCCCCCCCC(=O)OC(C)C. The number of carbonyl (C=O) groups excluding carboxylic acids is 2. The molecule has 0 aliphatic carbocycles. The molecule has 0 unspecified atom stereocenters. The minimum Gasteiger partial charge on any atom is -0.481 e. The number of hydrogen-bond donors (Lipinski definition) is 2. The Kier molecular flexibility index (Phi) is 23.6. The van der Waals surface area contributed by atoms with Crippen LogP contribution in [0.5, 0.6) is 0 Å². The first-order valence-corrected chi connectivity index (χ1v) is 15.5. The zero-order valence-corrected chi connectivity index (χ0v) is 26.8. The largest absolute Gasteiger partial charge is 0.481 e. The summed E-state index contributed by atoms with van der Waals surface area (Å²) in [6.07, 6.45) is 12.5. The zero-order valence-electron chi connectivity index (χ0n) is 26.8. The number of ether oxygens (including phenoxy) is 2. The van der Waals surface area contributed by atoms with Crippen molar-refractivity contribution in [3.8, 4) is 0 Å². The van der Waals surface area contributed by atoms with Crippen molar-refractivity contribution in [3.63, 3.8) is 0 Å². The Morgan fingerprint density at radius 1 is 0.525 bits per heavy atom. The molecule has 0 aromatic carbocycles. The second kappa shape index (κ2) is 23.6. The summed E-state index contributed by atoms with van der Waals surface area (Å²) in [6.45, 7) is 15.4. The molecule has 0 aromatic rings. The van der Waals surface area contributed by atoms with Crippen LogP contribution in [0.3, 0.4) is 0 Å². The fraction of sp³-hybridized carbons (Fsp3) is 0.875. The molecular weight excluding hydrogens is 512 g/mol. The monoisotopic (exact) mass is 572 g/mol. The first-order valence-electron chi connectivity index (χ1n) is 15.5. The second-order valence-electron chi connectivity index (χ2n) is 12.0. The summed E-state index contributed by atoms with van der Waals surface area (Å²) in [6, 6.07) is 0.